The van der Waals surface area contributed by atoms with Crippen LogP contribution >= 0.6 is 11.8 Å². The molecule has 0 bridgehead atoms. The van der Waals surface area contributed by atoms with Crippen molar-refractivity contribution < 1.29 is 14.4 Å². The summed E-state index contributed by atoms with van der Waals surface area (Å²) < 4.78 is 0. The largest absolute Gasteiger partial charge is 0.334 e. The minimum absolute atomic E-state index is 0.0750. The first-order valence-electron chi connectivity index (χ1n) is 6.44. The van der Waals surface area contributed by atoms with Gasteiger partial charge < -0.3 is 21.3 Å². The highest BCUT2D eigenvalue weighted by Gasteiger charge is 2.42. The fourth-order valence-electron chi connectivity index (χ4n) is 2.40. The molecule has 9 nitrogen and oxygen atoms in total. The van der Waals surface area contributed by atoms with Gasteiger partial charge in [-0.2, -0.15) is 11.8 Å². The number of thioether (sulfide) groups is 1. The van der Waals surface area contributed by atoms with E-state index >= 15 is 0 Å². The summed E-state index contributed by atoms with van der Waals surface area (Å²) in [6.07, 6.45) is 2.92. The van der Waals surface area contributed by atoms with Gasteiger partial charge in [0.05, 0.1) is 12.1 Å². The normalized spacial score (nSPS) is 28.0. The number of nitrogens with zero attached hydrogens (tertiary/aromatic N) is 2. The van der Waals surface area contributed by atoms with Crippen molar-refractivity contribution in [1.29, 1.82) is 0 Å². The summed E-state index contributed by atoms with van der Waals surface area (Å²) in [5, 5.41) is 12.3. The molecule has 2 aliphatic heterocycles. The Bertz CT molecular complexity index is 393. The minimum atomic E-state index is -0.398. The highest BCUT2D eigenvalue weighted by molar-refractivity contribution is 8.00. The molecule has 5 N–H and O–H groups in total. The van der Waals surface area contributed by atoms with Crippen LogP contribution in [0.4, 0.5) is 4.79 Å². The van der Waals surface area contributed by atoms with Gasteiger partial charge in [0.1, 0.15) is 0 Å². The Morgan fingerprint density at radius 3 is 3.15 bits per heavy atom. The number of amides is 2. The summed E-state index contributed by atoms with van der Waals surface area (Å²) in [6, 6.07) is 0.383. The van der Waals surface area contributed by atoms with E-state index < -0.39 is 5.97 Å². The fraction of sp³-hybridized carbons (Fsp3) is 0.800. The molecule has 0 aliphatic carbocycles. The second kappa shape index (κ2) is 7.17. The molecule has 2 saturated heterocycles. The van der Waals surface area contributed by atoms with Gasteiger partial charge in [-0.15, -0.1) is 5.59 Å². The number of fused-ring (bicyclic) bond motifs is 1. The lowest BCUT2D eigenvalue weighted by atomic mass is 10.0. The zero-order valence-electron chi connectivity index (χ0n) is 10.9. The maximum absolute atomic E-state index is 11.2. The van der Waals surface area contributed by atoms with Crippen LogP contribution in [-0.2, 0) is 9.63 Å². The lowest BCUT2D eigenvalue weighted by Crippen LogP contribution is -2.36. The predicted molar refractivity (Wildman–Crippen MR) is 72.2 cm³/mol. The Morgan fingerprint density at radius 2 is 2.35 bits per heavy atom. The van der Waals surface area contributed by atoms with Crippen molar-refractivity contribution in [1.82, 2.24) is 16.2 Å². The topological polar surface area (TPSA) is 130 Å². The predicted octanol–water partition coefficient (Wildman–Crippen LogP) is 0.000900. The van der Waals surface area contributed by atoms with Crippen LogP contribution in [-0.4, -0.2) is 35.1 Å². The molecular formula is C10H18N6O3S. The third-order valence-corrected chi connectivity index (χ3v) is 4.82. The molecule has 0 saturated carbocycles. The first kappa shape index (κ1) is 14.7. The molecule has 2 aliphatic rings. The number of unbranched alkanes of at least 4 members (excludes halogenated alkanes) is 1. The van der Waals surface area contributed by atoms with Crippen molar-refractivity contribution in [2.45, 2.75) is 43.0 Å². The SMILES string of the molecule is NN=NNOC(=O)CCCC[C@@H]1SC[C@@H]2NC(=O)N[C@@H]21. The van der Waals surface area contributed by atoms with Crippen LogP contribution in [0.15, 0.2) is 10.4 Å². The molecule has 20 heavy (non-hydrogen) atoms. The summed E-state index contributed by atoms with van der Waals surface area (Å²) in [5.74, 6) is 5.28. The lowest BCUT2D eigenvalue weighted by molar-refractivity contribution is -0.151. The Balaban J connectivity index is 1.57. The van der Waals surface area contributed by atoms with E-state index in [-0.39, 0.29) is 18.1 Å². The van der Waals surface area contributed by atoms with Crippen molar-refractivity contribution >= 4 is 23.8 Å². The van der Waals surface area contributed by atoms with Crippen molar-refractivity contribution in [3.8, 4) is 0 Å². The fourth-order valence-corrected chi connectivity index (χ4v) is 3.95. The molecule has 2 rings (SSSR count). The maximum atomic E-state index is 11.2. The number of hydrogen-bond donors (Lipinski definition) is 4. The van der Waals surface area contributed by atoms with Gasteiger partial charge >= 0.3 is 12.0 Å². The van der Waals surface area contributed by atoms with E-state index in [0.29, 0.717) is 11.7 Å². The van der Waals surface area contributed by atoms with Gasteiger partial charge in [0.15, 0.2) is 0 Å². The summed E-state index contributed by atoms with van der Waals surface area (Å²) in [4.78, 5) is 27.0. The van der Waals surface area contributed by atoms with Crippen LogP contribution in [0.1, 0.15) is 25.7 Å². The molecular weight excluding hydrogens is 284 g/mol. The molecule has 0 unspecified atom stereocenters. The van der Waals surface area contributed by atoms with Gasteiger partial charge in [-0.3, -0.25) is 0 Å². The highest BCUT2D eigenvalue weighted by atomic mass is 32.2. The van der Waals surface area contributed by atoms with Gasteiger partial charge in [0, 0.05) is 17.4 Å². The second-order valence-corrected chi connectivity index (χ2v) is 5.92. The molecule has 10 heteroatoms. The van der Waals surface area contributed by atoms with Crippen LogP contribution < -0.4 is 22.1 Å². The maximum Gasteiger partial charge on any atom is 0.334 e. The van der Waals surface area contributed by atoms with E-state index in [1.165, 1.54) is 0 Å². The molecule has 0 aromatic carbocycles. The monoisotopic (exact) mass is 302 g/mol. The zero-order chi connectivity index (χ0) is 14.4. The van der Waals surface area contributed by atoms with Crippen LogP contribution in [0.2, 0.25) is 0 Å². The van der Waals surface area contributed by atoms with Crippen LogP contribution in [0, 0.1) is 0 Å². The number of hydrogen-bond acceptors (Lipinski definition) is 6. The first-order valence-corrected chi connectivity index (χ1v) is 7.49. The quantitative estimate of drug-likeness (QED) is 0.172. The zero-order valence-corrected chi connectivity index (χ0v) is 11.7. The third-order valence-electron chi connectivity index (χ3n) is 3.32. The molecule has 0 spiro atoms. The summed E-state index contributed by atoms with van der Waals surface area (Å²) in [6.45, 7) is 0. The van der Waals surface area contributed by atoms with E-state index in [1.807, 2.05) is 17.4 Å². The van der Waals surface area contributed by atoms with Crippen molar-refractivity contribution in [2.24, 2.45) is 16.3 Å². The number of rotatable bonds is 7. The van der Waals surface area contributed by atoms with Crippen LogP contribution in [0.5, 0.6) is 0 Å². The second-order valence-electron chi connectivity index (χ2n) is 4.65. The van der Waals surface area contributed by atoms with Gasteiger partial charge in [0.2, 0.25) is 0 Å². The van der Waals surface area contributed by atoms with E-state index in [1.54, 1.807) is 0 Å². The van der Waals surface area contributed by atoms with Gasteiger partial charge in [-0.05, 0) is 18.1 Å². The number of urea groups is 1. The lowest BCUT2D eigenvalue weighted by Gasteiger charge is -2.16. The Morgan fingerprint density at radius 1 is 1.50 bits per heavy atom. The minimum Gasteiger partial charge on any atom is -0.332 e. The van der Waals surface area contributed by atoms with E-state index in [4.69, 9.17) is 5.84 Å². The standard InChI is InChI=1S/C10H18N6O3S/c11-14-15-16-19-8(17)4-2-1-3-7-9-6(5-20-7)12-10(18)13-9/h6-7,9H,1-5H2,(H2,11,15)(H,14,16)(H2,12,13,18)/t6-,7-,9-/m0/s1. The molecule has 3 atom stereocenters. The highest BCUT2D eigenvalue weighted by Crippen LogP contribution is 2.33. The smallest absolute Gasteiger partial charge is 0.332 e. The van der Waals surface area contributed by atoms with Gasteiger partial charge in [-0.1, -0.05) is 11.6 Å². The van der Waals surface area contributed by atoms with Crippen molar-refractivity contribution in [3.05, 3.63) is 0 Å². The molecule has 0 radical (unpaired) electrons. The Hall–Kier alpha value is -1.71. The van der Waals surface area contributed by atoms with Crippen molar-refractivity contribution in [3.63, 3.8) is 0 Å². The molecule has 2 amide bonds. The summed E-state index contributed by atoms with van der Waals surface area (Å²) >= 11 is 1.87. The van der Waals surface area contributed by atoms with E-state index in [2.05, 4.69) is 25.9 Å². The number of nitrogens with one attached hydrogen (secondary N) is 3. The number of carbonyl (C=O) groups excluding carboxylic acids is 2. The summed E-state index contributed by atoms with van der Waals surface area (Å²) in [5.41, 5.74) is 1.98. The molecule has 112 valence electrons. The molecule has 0 aromatic heterocycles. The van der Waals surface area contributed by atoms with Crippen molar-refractivity contribution in [2.75, 3.05) is 5.75 Å². The first-order chi connectivity index (χ1) is 9.70. The molecule has 0 aromatic rings. The molecule has 2 fully saturated rings. The number of nitrogens with two attached hydrogens (primary N) is 1. The number of carbonyl (C=O) groups is 2. The third kappa shape index (κ3) is 3.89. The Labute approximate surface area is 120 Å². The average Bonchev–Trinajstić information content (AvgIpc) is 2.95. The van der Waals surface area contributed by atoms with Gasteiger partial charge in [0.25, 0.3) is 0 Å². The van der Waals surface area contributed by atoms with Crippen LogP contribution in [0.25, 0.3) is 0 Å². The van der Waals surface area contributed by atoms with E-state index in [9.17, 15) is 9.59 Å². The van der Waals surface area contributed by atoms with Crippen LogP contribution in [0.3, 0.4) is 0 Å². The molecule has 2 heterocycles. The average molecular weight is 302 g/mol. The Kier molecular flexibility index (Phi) is 5.27. The van der Waals surface area contributed by atoms with Gasteiger partial charge in [-0.25, -0.2) is 9.59 Å². The van der Waals surface area contributed by atoms with E-state index in [0.717, 1.165) is 25.0 Å². The summed E-state index contributed by atoms with van der Waals surface area (Å²) in [7, 11) is 0.